The first kappa shape index (κ1) is 14.2. The maximum Gasteiger partial charge on any atom is 0.323 e. The Morgan fingerprint density at radius 1 is 1.28 bits per heavy atom. The highest BCUT2D eigenvalue weighted by Gasteiger charge is 2.34. The number of hydrogen-bond donors (Lipinski definition) is 3. The van der Waals surface area contributed by atoms with Gasteiger partial charge in [-0.25, -0.2) is 0 Å². The molecule has 18 heavy (non-hydrogen) atoms. The van der Waals surface area contributed by atoms with E-state index in [1.165, 1.54) is 6.92 Å². The highest BCUT2D eigenvalue weighted by molar-refractivity contribution is 5.79. The van der Waals surface area contributed by atoms with E-state index in [9.17, 15) is 9.59 Å². The number of carboxylic acids is 2. The van der Waals surface area contributed by atoms with E-state index in [0.29, 0.717) is 0 Å². The summed E-state index contributed by atoms with van der Waals surface area (Å²) in [5, 5.41) is 18.1. The van der Waals surface area contributed by atoms with Crippen LogP contribution < -0.4 is 5.73 Å². The van der Waals surface area contributed by atoms with Gasteiger partial charge in [-0.05, 0) is 25.3 Å². The van der Waals surface area contributed by atoms with Crippen LogP contribution in [0.25, 0.3) is 0 Å². The lowest BCUT2D eigenvalue weighted by molar-refractivity contribution is -0.146. The predicted octanol–water partition coefficient (Wildman–Crippen LogP) is 1.12. The van der Waals surface area contributed by atoms with Gasteiger partial charge in [0.25, 0.3) is 0 Å². The van der Waals surface area contributed by atoms with Crippen LogP contribution in [-0.4, -0.2) is 27.7 Å². The molecule has 1 aromatic rings. The number of aliphatic carboxylic acids is 2. The molecule has 1 rings (SSSR count). The second-order valence-electron chi connectivity index (χ2n) is 4.65. The first-order chi connectivity index (χ1) is 8.33. The number of carboxylic acid groups (broad SMARTS) is 2. The number of benzene rings is 1. The van der Waals surface area contributed by atoms with E-state index < -0.39 is 23.4 Å². The van der Waals surface area contributed by atoms with Crippen LogP contribution in [-0.2, 0) is 16.0 Å². The standard InChI is InChI=1S/C13H17NO4/c1-13(14,12(17)18)8-10(11(15)16)7-9-5-3-2-4-6-9/h2-6,10H,7-8,14H2,1H3,(H,15,16)(H,17,18)/t10-,13+/m1/s1. The number of rotatable bonds is 6. The molecule has 0 saturated heterocycles. The summed E-state index contributed by atoms with van der Waals surface area (Å²) in [5.74, 6) is -3.03. The van der Waals surface area contributed by atoms with Crippen LogP contribution in [0.3, 0.4) is 0 Å². The zero-order valence-electron chi connectivity index (χ0n) is 10.2. The van der Waals surface area contributed by atoms with Crippen molar-refractivity contribution in [1.29, 1.82) is 0 Å². The molecule has 0 aliphatic rings. The van der Waals surface area contributed by atoms with Crippen LogP contribution in [0, 0.1) is 5.92 Å². The van der Waals surface area contributed by atoms with Crippen molar-refractivity contribution < 1.29 is 19.8 Å². The molecule has 0 aliphatic carbocycles. The van der Waals surface area contributed by atoms with E-state index in [2.05, 4.69) is 0 Å². The maximum absolute atomic E-state index is 11.2. The second kappa shape index (κ2) is 5.64. The van der Waals surface area contributed by atoms with Crippen molar-refractivity contribution in [3.05, 3.63) is 35.9 Å². The van der Waals surface area contributed by atoms with Gasteiger partial charge >= 0.3 is 11.9 Å². The Bertz CT molecular complexity index is 428. The number of nitrogens with two attached hydrogens (primary N) is 1. The van der Waals surface area contributed by atoms with Gasteiger partial charge in [-0.15, -0.1) is 0 Å². The SMILES string of the molecule is C[C@](N)(C[C@@H](Cc1ccccc1)C(=O)O)C(=O)O. The van der Waals surface area contributed by atoms with Gasteiger partial charge in [0.05, 0.1) is 5.92 Å². The summed E-state index contributed by atoms with van der Waals surface area (Å²) < 4.78 is 0. The van der Waals surface area contributed by atoms with Crippen molar-refractivity contribution in [2.75, 3.05) is 0 Å². The Morgan fingerprint density at radius 2 is 1.83 bits per heavy atom. The minimum Gasteiger partial charge on any atom is -0.481 e. The van der Waals surface area contributed by atoms with E-state index in [1.807, 2.05) is 30.3 Å². The topological polar surface area (TPSA) is 101 Å². The molecule has 0 saturated carbocycles. The van der Waals surface area contributed by atoms with Gasteiger partial charge in [0, 0.05) is 0 Å². The van der Waals surface area contributed by atoms with Crippen molar-refractivity contribution in [1.82, 2.24) is 0 Å². The lowest BCUT2D eigenvalue weighted by atomic mass is 9.86. The molecule has 0 radical (unpaired) electrons. The molecule has 5 heteroatoms. The fraction of sp³-hybridized carbons (Fsp3) is 0.385. The van der Waals surface area contributed by atoms with Gasteiger partial charge in [0.1, 0.15) is 5.54 Å². The third-order valence-electron chi connectivity index (χ3n) is 2.83. The van der Waals surface area contributed by atoms with Crippen LogP contribution in [0.2, 0.25) is 0 Å². The molecule has 5 nitrogen and oxygen atoms in total. The van der Waals surface area contributed by atoms with Crippen LogP contribution >= 0.6 is 0 Å². The second-order valence-corrected chi connectivity index (χ2v) is 4.65. The third kappa shape index (κ3) is 3.85. The summed E-state index contributed by atoms with van der Waals surface area (Å²) in [7, 11) is 0. The average Bonchev–Trinajstić information content (AvgIpc) is 2.29. The Morgan fingerprint density at radius 3 is 2.28 bits per heavy atom. The van der Waals surface area contributed by atoms with E-state index in [0.717, 1.165) is 5.56 Å². The first-order valence-electron chi connectivity index (χ1n) is 5.62. The zero-order valence-corrected chi connectivity index (χ0v) is 10.2. The molecule has 0 aliphatic heterocycles. The molecule has 1 aromatic carbocycles. The van der Waals surface area contributed by atoms with Crippen molar-refractivity contribution >= 4 is 11.9 Å². The van der Waals surface area contributed by atoms with E-state index in [-0.39, 0.29) is 12.8 Å². The molecule has 0 fully saturated rings. The Kier molecular flexibility index (Phi) is 4.44. The van der Waals surface area contributed by atoms with Gasteiger partial charge in [0.2, 0.25) is 0 Å². The quantitative estimate of drug-likeness (QED) is 0.703. The molecule has 0 amide bonds. The van der Waals surface area contributed by atoms with Crippen molar-refractivity contribution in [3.8, 4) is 0 Å². The molecule has 0 unspecified atom stereocenters. The lowest BCUT2D eigenvalue weighted by Gasteiger charge is -2.23. The van der Waals surface area contributed by atoms with Crippen molar-refractivity contribution in [2.45, 2.75) is 25.3 Å². The van der Waals surface area contributed by atoms with Gasteiger partial charge < -0.3 is 15.9 Å². The van der Waals surface area contributed by atoms with Gasteiger partial charge in [0.15, 0.2) is 0 Å². The molecule has 98 valence electrons. The highest BCUT2D eigenvalue weighted by atomic mass is 16.4. The smallest absolute Gasteiger partial charge is 0.323 e. The van der Waals surface area contributed by atoms with Crippen LogP contribution in [0.1, 0.15) is 18.9 Å². The molecular weight excluding hydrogens is 234 g/mol. The minimum atomic E-state index is -1.53. The Labute approximate surface area is 105 Å². The summed E-state index contributed by atoms with van der Waals surface area (Å²) in [6, 6.07) is 9.08. The normalized spacial score (nSPS) is 15.7. The average molecular weight is 251 g/mol. The van der Waals surface area contributed by atoms with Crippen LogP contribution in [0.5, 0.6) is 0 Å². The van der Waals surface area contributed by atoms with Crippen LogP contribution in [0.4, 0.5) is 0 Å². The molecule has 0 bridgehead atoms. The number of carbonyl (C=O) groups is 2. The molecule has 0 spiro atoms. The summed E-state index contributed by atoms with van der Waals surface area (Å²) >= 11 is 0. The van der Waals surface area contributed by atoms with Gasteiger partial charge in [-0.2, -0.15) is 0 Å². The monoisotopic (exact) mass is 251 g/mol. The molecule has 2 atom stereocenters. The summed E-state index contributed by atoms with van der Waals surface area (Å²) in [4.78, 5) is 22.1. The van der Waals surface area contributed by atoms with E-state index in [4.69, 9.17) is 15.9 Å². The van der Waals surface area contributed by atoms with Gasteiger partial charge in [-0.1, -0.05) is 30.3 Å². The third-order valence-corrected chi connectivity index (χ3v) is 2.83. The van der Waals surface area contributed by atoms with E-state index >= 15 is 0 Å². The fourth-order valence-electron chi connectivity index (χ4n) is 1.74. The molecular formula is C13H17NO4. The molecule has 4 N–H and O–H groups in total. The van der Waals surface area contributed by atoms with Crippen molar-refractivity contribution in [3.63, 3.8) is 0 Å². The summed E-state index contributed by atoms with van der Waals surface area (Å²) in [6.45, 7) is 1.33. The Hall–Kier alpha value is -1.88. The van der Waals surface area contributed by atoms with E-state index in [1.54, 1.807) is 0 Å². The summed E-state index contributed by atoms with van der Waals surface area (Å²) in [6.07, 6.45) is 0.169. The van der Waals surface area contributed by atoms with Gasteiger partial charge in [-0.3, -0.25) is 9.59 Å². The molecule has 0 heterocycles. The zero-order chi connectivity index (χ0) is 13.8. The largest absolute Gasteiger partial charge is 0.481 e. The van der Waals surface area contributed by atoms with Crippen molar-refractivity contribution in [2.24, 2.45) is 11.7 Å². The maximum atomic E-state index is 11.2. The summed E-state index contributed by atoms with van der Waals surface area (Å²) in [5.41, 5.74) is 4.91. The minimum absolute atomic E-state index is 0.105. The highest BCUT2D eigenvalue weighted by Crippen LogP contribution is 2.19. The van der Waals surface area contributed by atoms with Crippen LogP contribution in [0.15, 0.2) is 30.3 Å². The number of hydrogen-bond acceptors (Lipinski definition) is 3. The lowest BCUT2D eigenvalue weighted by Crippen LogP contribution is -2.47. The molecule has 0 aromatic heterocycles. The Balaban J connectivity index is 2.79. The fourth-order valence-corrected chi connectivity index (χ4v) is 1.74. The predicted molar refractivity (Wildman–Crippen MR) is 66.1 cm³/mol. The first-order valence-corrected chi connectivity index (χ1v) is 5.62.